The fraction of sp³-hybridized carbons (Fsp3) is 0.765. The molecule has 6 nitrogen and oxygen atoms in total. The molecule has 0 aliphatic carbocycles. The zero-order valence-electron chi connectivity index (χ0n) is 14.9. The van der Waals surface area contributed by atoms with Gasteiger partial charge in [-0.05, 0) is 33.6 Å². The molecule has 3 heterocycles. The number of morpholine rings is 1. The number of aryl methyl sites for hydroxylation is 2. The molecule has 1 aromatic heterocycles. The molecule has 0 spiro atoms. The lowest BCUT2D eigenvalue weighted by molar-refractivity contribution is -0.0817. The first-order valence-corrected chi connectivity index (χ1v) is 9.68. The number of nitrogens with zero attached hydrogens (tertiary/aromatic N) is 3. The molecular weight excluding hydrogens is 324 g/mol. The smallest absolute Gasteiger partial charge is 0.194 e. The Kier molecular flexibility index (Phi) is 6.08. The number of hydrogen-bond acceptors (Lipinski definition) is 5. The maximum atomic E-state index is 5.95. The molecule has 0 aromatic carbocycles. The summed E-state index contributed by atoms with van der Waals surface area (Å²) >= 11 is 1.73. The second-order valence-corrected chi connectivity index (χ2v) is 7.61. The van der Waals surface area contributed by atoms with E-state index in [1.807, 2.05) is 6.92 Å². The third-order valence-corrected chi connectivity index (χ3v) is 5.54. The van der Waals surface area contributed by atoms with E-state index in [4.69, 9.17) is 14.5 Å². The van der Waals surface area contributed by atoms with Gasteiger partial charge in [-0.15, -0.1) is 11.3 Å². The predicted octanol–water partition coefficient (Wildman–Crippen LogP) is 2.11. The van der Waals surface area contributed by atoms with Crippen molar-refractivity contribution in [2.24, 2.45) is 4.99 Å². The second-order valence-electron chi connectivity index (χ2n) is 6.32. The largest absolute Gasteiger partial charge is 0.375 e. The molecule has 0 bridgehead atoms. The van der Waals surface area contributed by atoms with E-state index in [0.717, 1.165) is 62.4 Å². The van der Waals surface area contributed by atoms with Gasteiger partial charge in [0.1, 0.15) is 6.10 Å². The van der Waals surface area contributed by atoms with E-state index in [1.165, 1.54) is 4.88 Å². The number of hydrogen-bond donors (Lipinski definition) is 1. The predicted molar refractivity (Wildman–Crippen MR) is 96.7 cm³/mol. The summed E-state index contributed by atoms with van der Waals surface area (Å²) in [6.45, 7) is 11.1. The van der Waals surface area contributed by atoms with Gasteiger partial charge in [0.2, 0.25) is 0 Å². The van der Waals surface area contributed by atoms with Crippen LogP contribution in [0.15, 0.2) is 4.99 Å². The molecule has 2 saturated heterocycles. The minimum Gasteiger partial charge on any atom is -0.375 e. The van der Waals surface area contributed by atoms with Crippen LogP contribution in [0, 0.1) is 13.8 Å². The van der Waals surface area contributed by atoms with Crippen LogP contribution in [0.4, 0.5) is 0 Å². The van der Waals surface area contributed by atoms with Crippen LogP contribution in [0.2, 0.25) is 0 Å². The Hall–Kier alpha value is -1.18. The summed E-state index contributed by atoms with van der Waals surface area (Å²) in [5.41, 5.74) is 1.09. The summed E-state index contributed by atoms with van der Waals surface area (Å²) < 4.78 is 11.8. The molecule has 0 saturated carbocycles. The zero-order valence-corrected chi connectivity index (χ0v) is 15.7. The first kappa shape index (κ1) is 17.6. The van der Waals surface area contributed by atoms with Crippen LogP contribution in [0.25, 0.3) is 0 Å². The van der Waals surface area contributed by atoms with Crippen molar-refractivity contribution in [3.63, 3.8) is 0 Å². The molecule has 2 aliphatic heterocycles. The van der Waals surface area contributed by atoms with E-state index in [9.17, 15) is 0 Å². The quantitative estimate of drug-likeness (QED) is 0.664. The Morgan fingerprint density at radius 3 is 2.83 bits per heavy atom. The van der Waals surface area contributed by atoms with Crippen LogP contribution in [0.1, 0.15) is 35.3 Å². The highest BCUT2D eigenvalue weighted by Gasteiger charge is 2.32. The maximum absolute atomic E-state index is 5.95. The Balaban J connectivity index is 1.67. The monoisotopic (exact) mass is 352 g/mol. The van der Waals surface area contributed by atoms with Gasteiger partial charge >= 0.3 is 0 Å². The second kappa shape index (κ2) is 8.27. The van der Waals surface area contributed by atoms with Gasteiger partial charge in [0.05, 0.1) is 30.0 Å². The van der Waals surface area contributed by atoms with Crippen LogP contribution in [0.3, 0.4) is 0 Å². The first-order chi connectivity index (χ1) is 11.7. The molecule has 0 amide bonds. The first-order valence-electron chi connectivity index (χ1n) is 8.86. The highest BCUT2D eigenvalue weighted by Crippen LogP contribution is 2.22. The van der Waals surface area contributed by atoms with Gasteiger partial charge in [-0.1, -0.05) is 0 Å². The van der Waals surface area contributed by atoms with Gasteiger partial charge in [-0.25, -0.2) is 9.98 Å². The van der Waals surface area contributed by atoms with Gasteiger partial charge in [-0.2, -0.15) is 0 Å². The molecule has 24 heavy (non-hydrogen) atoms. The van der Waals surface area contributed by atoms with Crippen LogP contribution < -0.4 is 5.32 Å². The van der Waals surface area contributed by atoms with Crippen LogP contribution in [-0.4, -0.2) is 60.9 Å². The fourth-order valence-electron chi connectivity index (χ4n) is 3.28. The van der Waals surface area contributed by atoms with Crippen molar-refractivity contribution in [1.82, 2.24) is 15.2 Å². The number of rotatable bonds is 4. The SMILES string of the molecule is CCNC(=NCc1sc(C)nc1C)N1CCOC(C2CCCO2)C1. The molecular formula is C17H28N4O2S. The molecule has 7 heteroatoms. The van der Waals surface area contributed by atoms with Gasteiger partial charge in [0, 0.05) is 31.1 Å². The zero-order chi connectivity index (χ0) is 16.9. The van der Waals surface area contributed by atoms with Crippen molar-refractivity contribution in [2.45, 2.75) is 52.4 Å². The maximum Gasteiger partial charge on any atom is 0.194 e. The minimum atomic E-state index is 0.150. The number of aromatic nitrogens is 1. The minimum absolute atomic E-state index is 0.150. The topological polar surface area (TPSA) is 59.0 Å². The molecule has 0 radical (unpaired) electrons. The lowest BCUT2D eigenvalue weighted by Gasteiger charge is -2.37. The summed E-state index contributed by atoms with van der Waals surface area (Å²) in [7, 11) is 0. The van der Waals surface area contributed by atoms with Gasteiger partial charge < -0.3 is 19.7 Å². The molecule has 2 unspecified atom stereocenters. The molecule has 1 aromatic rings. The Morgan fingerprint density at radius 1 is 1.33 bits per heavy atom. The average Bonchev–Trinajstić information content (AvgIpc) is 3.21. The van der Waals surface area contributed by atoms with Crippen molar-refractivity contribution >= 4 is 17.3 Å². The van der Waals surface area contributed by atoms with E-state index in [2.05, 4.69) is 29.0 Å². The number of ether oxygens (including phenoxy) is 2. The molecule has 1 N–H and O–H groups in total. The number of thiazole rings is 1. The van der Waals surface area contributed by atoms with E-state index in [1.54, 1.807) is 11.3 Å². The Labute approximate surface area is 148 Å². The lowest BCUT2D eigenvalue weighted by atomic mass is 10.1. The third-order valence-electron chi connectivity index (χ3n) is 4.48. The summed E-state index contributed by atoms with van der Waals surface area (Å²) in [6.07, 6.45) is 2.63. The summed E-state index contributed by atoms with van der Waals surface area (Å²) in [5, 5.41) is 4.53. The van der Waals surface area contributed by atoms with Crippen LogP contribution in [0.5, 0.6) is 0 Å². The number of guanidine groups is 1. The van der Waals surface area contributed by atoms with E-state index < -0.39 is 0 Å². The lowest BCUT2D eigenvalue weighted by Crippen LogP contribution is -2.53. The highest BCUT2D eigenvalue weighted by atomic mass is 32.1. The molecule has 2 fully saturated rings. The van der Waals surface area contributed by atoms with Gasteiger partial charge in [0.15, 0.2) is 5.96 Å². The van der Waals surface area contributed by atoms with Crippen molar-refractivity contribution < 1.29 is 9.47 Å². The molecule has 3 rings (SSSR count). The van der Waals surface area contributed by atoms with Crippen LogP contribution in [-0.2, 0) is 16.0 Å². The number of aliphatic imine (C=N–C) groups is 1. The average molecular weight is 353 g/mol. The van der Waals surface area contributed by atoms with Gasteiger partial charge in [0.25, 0.3) is 0 Å². The Morgan fingerprint density at radius 2 is 2.17 bits per heavy atom. The van der Waals surface area contributed by atoms with Crippen molar-refractivity contribution in [2.75, 3.05) is 32.8 Å². The summed E-state index contributed by atoms with van der Waals surface area (Å²) in [6, 6.07) is 0. The van der Waals surface area contributed by atoms with Gasteiger partial charge in [-0.3, -0.25) is 0 Å². The highest BCUT2D eigenvalue weighted by molar-refractivity contribution is 7.11. The van der Waals surface area contributed by atoms with E-state index >= 15 is 0 Å². The van der Waals surface area contributed by atoms with E-state index in [0.29, 0.717) is 6.54 Å². The molecule has 2 aliphatic rings. The fourth-order valence-corrected chi connectivity index (χ4v) is 4.14. The normalized spacial score (nSPS) is 25.3. The summed E-state index contributed by atoms with van der Waals surface area (Å²) in [5.74, 6) is 0.967. The molecule has 134 valence electrons. The Bertz CT molecular complexity index is 569. The van der Waals surface area contributed by atoms with E-state index in [-0.39, 0.29) is 12.2 Å². The summed E-state index contributed by atoms with van der Waals surface area (Å²) in [4.78, 5) is 12.9. The van der Waals surface area contributed by atoms with Crippen molar-refractivity contribution in [3.8, 4) is 0 Å². The number of nitrogens with one attached hydrogen (secondary N) is 1. The standard InChI is InChI=1S/C17H28N4O2S/c1-4-18-17(19-10-16-12(2)20-13(3)24-16)21-7-9-23-15(11-21)14-6-5-8-22-14/h14-15H,4-11H2,1-3H3,(H,18,19). The van der Waals surface area contributed by atoms with Crippen LogP contribution >= 0.6 is 11.3 Å². The molecule has 2 atom stereocenters. The van der Waals surface area contributed by atoms with Crippen molar-refractivity contribution in [1.29, 1.82) is 0 Å². The van der Waals surface area contributed by atoms with Crippen molar-refractivity contribution in [3.05, 3.63) is 15.6 Å². The third kappa shape index (κ3) is 4.26.